The highest BCUT2D eigenvalue weighted by Gasteiger charge is 2.31. The van der Waals surface area contributed by atoms with Crippen molar-refractivity contribution in [2.75, 3.05) is 6.54 Å². The summed E-state index contributed by atoms with van der Waals surface area (Å²) in [6.07, 6.45) is 1.63. The van der Waals surface area contributed by atoms with E-state index in [0.29, 0.717) is 17.1 Å². The molecule has 0 spiro atoms. The number of amides is 1. The van der Waals surface area contributed by atoms with Gasteiger partial charge in [-0.05, 0) is 55.2 Å². The van der Waals surface area contributed by atoms with E-state index in [1.807, 2.05) is 13.0 Å². The molecule has 124 valence electrons. The summed E-state index contributed by atoms with van der Waals surface area (Å²) in [5.74, 6) is -1.08. The summed E-state index contributed by atoms with van der Waals surface area (Å²) in [6, 6.07) is 12.1. The summed E-state index contributed by atoms with van der Waals surface area (Å²) in [4.78, 5) is 26.0. The van der Waals surface area contributed by atoms with Crippen LogP contribution in [0.5, 0.6) is 0 Å². The number of nitrogens with zero attached hydrogens (tertiary/aromatic N) is 1. The Labute approximate surface area is 145 Å². The Kier molecular flexibility index (Phi) is 4.58. The lowest BCUT2D eigenvalue weighted by Gasteiger charge is -2.29. The molecule has 0 heterocycles. The Hall–Kier alpha value is -2.33. The Morgan fingerprint density at radius 2 is 2.00 bits per heavy atom. The summed E-state index contributed by atoms with van der Waals surface area (Å²) >= 11 is 6.17. The van der Waals surface area contributed by atoms with Crippen molar-refractivity contribution in [1.29, 1.82) is 0 Å². The van der Waals surface area contributed by atoms with Gasteiger partial charge < -0.3 is 10.0 Å². The number of carboxylic acids is 1. The lowest BCUT2D eigenvalue weighted by atomic mass is 10.0. The molecule has 1 N–H and O–H groups in total. The van der Waals surface area contributed by atoms with Crippen molar-refractivity contribution >= 4 is 23.5 Å². The van der Waals surface area contributed by atoms with E-state index < -0.39 is 5.97 Å². The fourth-order valence-corrected chi connectivity index (χ4v) is 3.55. The van der Waals surface area contributed by atoms with Gasteiger partial charge in [-0.1, -0.05) is 29.8 Å². The third kappa shape index (κ3) is 2.89. The van der Waals surface area contributed by atoms with Crippen molar-refractivity contribution < 1.29 is 14.7 Å². The molecule has 5 heteroatoms. The molecule has 1 amide bonds. The van der Waals surface area contributed by atoms with Crippen LogP contribution in [-0.4, -0.2) is 28.4 Å². The summed E-state index contributed by atoms with van der Waals surface area (Å²) in [5, 5.41) is 9.65. The summed E-state index contributed by atoms with van der Waals surface area (Å²) in [7, 11) is 0. The van der Waals surface area contributed by atoms with Gasteiger partial charge in [0.25, 0.3) is 5.91 Å². The van der Waals surface area contributed by atoms with E-state index in [2.05, 4.69) is 0 Å². The second-order valence-corrected chi connectivity index (χ2v) is 6.25. The van der Waals surface area contributed by atoms with Gasteiger partial charge in [-0.2, -0.15) is 0 Å². The molecule has 3 rings (SSSR count). The van der Waals surface area contributed by atoms with Crippen LogP contribution < -0.4 is 0 Å². The number of carbonyl (C=O) groups excluding carboxylic acids is 1. The summed E-state index contributed by atoms with van der Waals surface area (Å²) in [6.45, 7) is 2.46. The van der Waals surface area contributed by atoms with Crippen LogP contribution in [0.25, 0.3) is 0 Å². The molecule has 0 bridgehead atoms. The highest BCUT2D eigenvalue weighted by molar-refractivity contribution is 6.33. The van der Waals surface area contributed by atoms with Crippen LogP contribution in [0.1, 0.15) is 51.2 Å². The third-order valence-corrected chi connectivity index (χ3v) is 4.85. The van der Waals surface area contributed by atoms with E-state index in [9.17, 15) is 14.7 Å². The highest BCUT2D eigenvalue weighted by atomic mass is 35.5. The predicted molar refractivity (Wildman–Crippen MR) is 92.6 cm³/mol. The number of hydrogen-bond acceptors (Lipinski definition) is 2. The highest BCUT2D eigenvalue weighted by Crippen LogP contribution is 2.37. The first kappa shape index (κ1) is 16.5. The number of carboxylic acid groups (broad SMARTS) is 1. The van der Waals surface area contributed by atoms with Crippen LogP contribution in [0.3, 0.4) is 0 Å². The van der Waals surface area contributed by atoms with E-state index in [4.69, 9.17) is 11.6 Å². The lowest BCUT2D eigenvalue weighted by molar-refractivity contribution is 0.0687. The zero-order valence-electron chi connectivity index (χ0n) is 13.3. The minimum Gasteiger partial charge on any atom is -0.478 e. The smallest absolute Gasteiger partial charge is 0.335 e. The maximum absolute atomic E-state index is 12.9. The summed E-state index contributed by atoms with van der Waals surface area (Å²) < 4.78 is 0. The first-order chi connectivity index (χ1) is 11.5. The number of aryl methyl sites for hydroxylation is 1. The Bertz CT molecular complexity index is 803. The van der Waals surface area contributed by atoms with Gasteiger partial charge in [-0.3, -0.25) is 4.79 Å². The molecule has 2 aromatic rings. The normalized spacial score (nSPS) is 15.8. The van der Waals surface area contributed by atoms with Crippen molar-refractivity contribution in [1.82, 2.24) is 4.90 Å². The first-order valence-electron chi connectivity index (χ1n) is 7.94. The van der Waals surface area contributed by atoms with Crippen molar-refractivity contribution in [2.24, 2.45) is 0 Å². The molecule has 0 aliphatic heterocycles. The molecule has 1 unspecified atom stereocenters. The van der Waals surface area contributed by atoms with Crippen molar-refractivity contribution in [3.63, 3.8) is 0 Å². The van der Waals surface area contributed by atoms with Crippen LogP contribution in [0.4, 0.5) is 0 Å². The number of halogens is 1. The maximum atomic E-state index is 12.9. The standard InChI is InChI=1S/C19H18ClNO3/c1-2-21(18(22)14-5-3-4-6-16(14)20)17-10-9-12-7-8-13(19(23)24)11-15(12)17/h3-8,11,17H,2,9-10H2,1H3,(H,23,24). The van der Waals surface area contributed by atoms with Gasteiger partial charge in [-0.15, -0.1) is 0 Å². The third-order valence-electron chi connectivity index (χ3n) is 4.52. The van der Waals surface area contributed by atoms with Crippen molar-refractivity contribution in [3.05, 3.63) is 69.7 Å². The Morgan fingerprint density at radius 3 is 2.67 bits per heavy atom. The number of hydrogen-bond donors (Lipinski definition) is 1. The Balaban J connectivity index is 1.97. The Morgan fingerprint density at radius 1 is 1.25 bits per heavy atom. The molecule has 1 aliphatic rings. The van der Waals surface area contributed by atoms with Gasteiger partial charge >= 0.3 is 5.97 Å². The average molecular weight is 344 g/mol. The van der Waals surface area contributed by atoms with Gasteiger partial charge in [0.2, 0.25) is 0 Å². The summed E-state index contributed by atoms with van der Waals surface area (Å²) in [5.41, 5.74) is 2.76. The number of carbonyl (C=O) groups is 2. The van der Waals surface area contributed by atoms with E-state index in [-0.39, 0.29) is 17.5 Å². The fraction of sp³-hybridized carbons (Fsp3) is 0.263. The van der Waals surface area contributed by atoms with Crippen LogP contribution in [0.2, 0.25) is 5.02 Å². The monoisotopic (exact) mass is 343 g/mol. The van der Waals surface area contributed by atoms with E-state index in [0.717, 1.165) is 24.0 Å². The van der Waals surface area contributed by atoms with Crippen LogP contribution >= 0.6 is 11.6 Å². The number of aromatic carboxylic acids is 1. The SMILES string of the molecule is CCN(C(=O)c1ccccc1Cl)C1CCc2ccc(C(=O)O)cc21. The van der Waals surface area contributed by atoms with Crippen molar-refractivity contribution in [3.8, 4) is 0 Å². The molecule has 0 fully saturated rings. The van der Waals surface area contributed by atoms with Gasteiger partial charge in [0, 0.05) is 6.54 Å². The molecule has 0 saturated heterocycles. The van der Waals surface area contributed by atoms with Gasteiger partial charge in [-0.25, -0.2) is 4.79 Å². The minimum atomic E-state index is -0.955. The molecule has 2 aromatic carbocycles. The molecular formula is C19H18ClNO3. The van der Waals surface area contributed by atoms with Crippen molar-refractivity contribution in [2.45, 2.75) is 25.8 Å². The van der Waals surface area contributed by atoms with Crippen LogP contribution in [0, 0.1) is 0 Å². The van der Waals surface area contributed by atoms with E-state index in [1.165, 1.54) is 0 Å². The van der Waals surface area contributed by atoms with E-state index in [1.54, 1.807) is 41.3 Å². The second kappa shape index (κ2) is 6.65. The molecule has 0 radical (unpaired) electrons. The molecule has 1 atom stereocenters. The number of fused-ring (bicyclic) bond motifs is 1. The lowest BCUT2D eigenvalue weighted by Crippen LogP contribution is -2.34. The van der Waals surface area contributed by atoms with Crippen LogP contribution in [-0.2, 0) is 6.42 Å². The van der Waals surface area contributed by atoms with Gasteiger partial charge in [0.1, 0.15) is 0 Å². The average Bonchev–Trinajstić information content (AvgIpc) is 2.99. The minimum absolute atomic E-state index is 0.118. The topological polar surface area (TPSA) is 57.6 Å². The fourth-order valence-electron chi connectivity index (χ4n) is 3.33. The maximum Gasteiger partial charge on any atom is 0.335 e. The zero-order chi connectivity index (χ0) is 17.3. The molecule has 0 saturated carbocycles. The number of rotatable bonds is 4. The molecule has 0 aromatic heterocycles. The molecule has 1 aliphatic carbocycles. The van der Waals surface area contributed by atoms with Gasteiger partial charge in [0.05, 0.1) is 22.2 Å². The zero-order valence-corrected chi connectivity index (χ0v) is 14.1. The predicted octanol–water partition coefficient (Wildman–Crippen LogP) is 4.19. The largest absolute Gasteiger partial charge is 0.478 e. The number of benzene rings is 2. The molecular weight excluding hydrogens is 326 g/mol. The molecule has 24 heavy (non-hydrogen) atoms. The molecule has 4 nitrogen and oxygen atoms in total. The second-order valence-electron chi connectivity index (χ2n) is 5.84. The van der Waals surface area contributed by atoms with Crippen LogP contribution in [0.15, 0.2) is 42.5 Å². The van der Waals surface area contributed by atoms with Gasteiger partial charge in [0.15, 0.2) is 0 Å². The van der Waals surface area contributed by atoms with E-state index >= 15 is 0 Å². The quantitative estimate of drug-likeness (QED) is 0.905. The first-order valence-corrected chi connectivity index (χ1v) is 8.32.